The maximum Gasteiger partial charge on any atom is 0.303 e. The fourth-order valence-electron chi connectivity index (χ4n) is 0.999. The second-order valence-corrected chi connectivity index (χ2v) is 5.68. The summed E-state index contributed by atoms with van der Waals surface area (Å²) in [7, 11) is 0. The number of carbonyl (C=O) groups excluding carboxylic acids is 1. The van der Waals surface area contributed by atoms with Crippen LogP contribution in [0.3, 0.4) is 0 Å². The molecule has 0 atom stereocenters. The van der Waals surface area contributed by atoms with Gasteiger partial charge in [0.05, 0.1) is 13.0 Å². The fourth-order valence-corrected chi connectivity index (χ4v) is 0.999. The molecule has 0 rings (SSSR count). The number of Topliss-reactive ketones (excluding diaryl/α,β-unsaturated/α-hetero) is 1. The van der Waals surface area contributed by atoms with Gasteiger partial charge in [0.1, 0.15) is 5.60 Å². The predicted octanol–water partition coefficient (Wildman–Crippen LogP) is 2.26. The van der Waals surface area contributed by atoms with Crippen LogP contribution in [0.4, 0.5) is 0 Å². The van der Waals surface area contributed by atoms with E-state index in [0.29, 0.717) is 6.61 Å². The van der Waals surface area contributed by atoms with Crippen molar-refractivity contribution in [3.05, 3.63) is 0 Å². The van der Waals surface area contributed by atoms with Crippen molar-refractivity contribution < 1.29 is 19.4 Å². The predicted molar refractivity (Wildman–Crippen MR) is 61.4 cm³/mol. The topological polar surface area (TPSA) is 63.6 Å². The number of hydrogen-bond donors (Lipinski definition) is 1. The van der Waals surface area contributed by atoms with Gasteiger partial charge in [0.2, 0.25) is 0 Å². The van der Waals surface area contributed by atoms with Gasteiger partial charge >= 0.3 is 5.97 Å². The van der Waals surface area contributed by atoms with E-state index in [9.17, 15) is 9.59 Å². The molecule has 1 N–H and O–H groups in total. The van der Waals surface area contributed by atoms with Gasteiger partial charge in [0, 0.05) is 6.42 Å². The third-order valence-corrected chi connectivity index (χ3v) is 2.10. The number of aliphatic carboxylic acids is 1. The molecule has 0 amide bonds. The molecule has 0 aromatic rings. The summed E-state index contributed by atoms with van der Waals surface area (Å²) in [5, 5.41) is 8.49. The Bertz CT molecular complexity index is 261. The molecule has 0 spiro atoms. The van der Waals surface area contributed by atoms with Gasteiger partial charge in [-0.2, -0.15) is 0 Å². The van der Waals surface area contributed by atoms with Crippen LogP contribution in [0.5, 0.6) is 0 Å². The van der Waals surface area contributed by atoms with E-state index in [4.69, 9.17) is 9.84 Å². The Kier molecular flexibility index (Phi) is 5.13. The summed E-state index contributed by atoms with van der Waals surface area (Å²) in [6.45, 7) is 9.89. The zero-order valence-electron chi connectivity index (χ0n) is 10.8. The highest BCUT2D eigenvalue weighted by Crippen LogP contribution is 2.20. The van der Waals surface area contributed by atoms with Gasteiger partial charge in [0.25, 0.3) is 0 Å². The average molecular weight is 230 g/mol. The SMILES string of the molecule is CC(C)(C)COC(C)(C)C(=O)CCC(=O)O. The fraction of sp³-hybridized carbons (Fsp3) is 0.833. The van der Waals surface area contributed by atoms with Gasteiger partial charge in [-0.1, -0.05) is 20.8 Å². The summed E-state index contributed by atoms with van der Waals surface area (Å²) < 4.78 is 5.55. The summed E-state index contributed by atoms with van der Waals surface area (Å²) in [6.07, 6.45) is -0.117. The zero-order valence-corrected chi connectivity index (χ0v) is 10.8. The summed E-state index contributed by atoms with van der Waals surface area (Å²) >= 11 is 0. The number of ether oxygens (including phenoxy) is 1. The lowest BCUT2D eigenvalue weighted by molar-refractivity contribution is -0.147. The molecule has 0 radical (unpaired) electrons. The van der Waals surface area contributed by atoms with Crippen LogP contribution in [-0.4, -0.2) is 29.1 Å². The van der Waals surface area contributed by atoms with Crippen molar-refractivity contribution in [1.29, 1.82) is 0 Å². The molecule has 0 aromatic heterocycles. The third-order valence-electron chi connectivity index (χ3n) is 2.10. The van der Waals surface area contributed by atoms with Crippen LogP contribution in [0.25, 0.3) is 0 Å². The molecule has 0 aliphatic carbocycles. The van der Waals surface area contributed by atoms with Gasteiger partial charge < -0.3 is 9.84 Å². The molecule has 94 valence electrons. The van der Waals surface area contributed by atoms with Crippen molar-refractivity contribution in [2.45, 2.75) is 53.1 Å². The molecule has 0 aliphatic rings. The zero-order chi connectivity index (χ0) is 13.0. The molecule has 16 heavy (non-hydrogen) atoms. The average Bonchev–Trinajstić information content (AvgIpc) is 2.10. The van der Waals surface area contributed by atoms with Crippen molar-refractivity contribution in [2.75, 3.05) is 6.61 Å². The first kappa shape index (κ1) is 15.1. The van der Waals surface area contributed by atoms with Crippen molar-refractivity contribution >= 4 is 11.8 Å². The Hall–Kier alpha value is -0.900. The Morgan fingerprint density at radius 3 is 1.94 bits per heavy atom. The molecule has 0 saturated carbocycles. The molecule has 0 aromatic carbocycles. The highest BCUT2D eigenvalue weighted by atomic mass is 16.5. The molecular weight excluding hydrogens is 208 g/mol. The molecular formula is C12H22O4. The van der Waals surface area contributed by atoms with Crippen molar-refractivity contribution in [1.82, 2.24) is 0 Å². The first-order valence-electron chi connectivity index (χ1n) is 5.44. The lowest BCUT2D eigenvalue weighted by Gasteiger charge is -2.28. The first-order valence-corrected chi connectivity index (χ1v) is 5.44. The Morgan fingerprint density at radius 1 is 1.06 bits per heavy atom. The van der Waals surface area contributed by atoms with Gasteiger partial charge in [-0.05, 0) is 19.3 Å². The minimum atomic E-state index is -0.958. The molecule has 0 saturated heterocycles. The van der Waals surface area contributed by atoms with Crippen molar-refractivity contribution in [3.8, 4) is 0 Å². The van der Waals surface area contributed by atoms with E-state index in [-0.39, 0.29) is 24.0 Å². The van der Waals surface area contributed by atoms with E-state index in [1.807, 2.05) is 20.8 Å². The molecule has 0 aliphatic heterocycles. The molecule has 4 heteroatoms. The number of carbonyl (C=O) groups is 2. The number of ketones is 1. The third kappa shape index (κ3) is 6.56. The van der Waals surface area contributed by atoms with Crippen LogP contribution >= 0.6 is 0 Å². The summed E-state index contributed by atoms with van der Waals surface area (Å²) in [5.74, 6) is -1.13. The number of rotatable bonds is 6. The monoisotopic (exact) mass is 230 g/mol. The molecule has 0 heterocycles. The molecule has 4 nitrogen and oxygen atoms in total. The van der Waals surface area contributed by atoms with Gasteiger partial charge in [-0.15, -0.1) is 0 Å². The number of carboxylic acids is 1. The van der Waals surface area contributed by atoms with E-state index < -0.39 is 11.6 Å². The first-order chi connectivity index (χ1) is 7.04. The summed E-state index contributed by atoms with van der Waals surface area (Å²) in [6, 6.07) is 0. The lowest BCUT2D eigenvalue weighted by atomic mass is 9.96. The van der Waals surface area contributed by atoms with Crippen LogP contribution in [0.1, 0.15) is 47.5 Å². The Balaban J connectivity index is 4.20. The number of hydrogen-bond acceptors (Lipinski definition) is 3. The second kappa shape index (κ2) is 5.43. The van der Waals surface area contributed by atoms with Gasteiger partial charge in [-0.25, -0.2) is 0 Å². The molecule has 0 bridgehead atoms. The van der Waals surface area contributed by atoms with Gasteiger partial charge in [0.15, 0.2) is 5.78 Å². The van der Waals surface area contributed by atoms with Crippen LogP contribution in [0, 0.1) is 5.41 Å². The normalized spacial score (nSPS) is 12.6. The van der Waals surface area contributed by atoms with Gasteiger partial charge in [-0.3, -0.25) is 9.59 Å². The smallest absolute Gasteiger partial charge is 0.303 e. The molecule has 0 fully saturated rings. The highest BCUT2D eigenvalue weighted by Gasteiger charge is 2.29. The standard InChI is InChI=1S/C12H22O4/c1-11(2,3)8-16-12(4,5)9(13)6-7-10(14)15/h6-8H2,1-5H3,(H,14,15). The van der Waals surface area contributed by atoms with Crippen molar-refractivity contribution in [2.24, 2.45) is 5.41 Å². The highest BCUT2D eigenvalue weighted by molar-refractivity contribution is 5.88. The van der Waals surface area contributed by atoms with E-state index in [1.54, 1.807) is 13.8 Å². The summed E-state index contributed by atoms with van der Waals surface area (Å²) in [4.78, 5) is 22.1. The lowest BCUT2D eigenvalue weighted by Crippen LogP contribution is -2.37. The quantitative estimate of drug-likeness (QED) is 0.760. The maximum atomic E-state index is 11.7. The van der Waals surface area contributed by atoms with Crippen LogP contribution < -0.4 is 0 Å². The van der Waals surface area contributed by atoms with E-state index >= 15 is 0 Å². The van der Waals surface area contributed by atoms with Crippen molar-refractivity contribution in [3.63, 3.8) is 0 Å². The second-order valence-electron chi connectivity index (χ2n) is 5.68. The number of carboxylic acid groups (broad SMARTS) is 1. The van der Waals surface area contributed by atoms with Crippen LogP contribution in [0.2, 0.25) is 0 Å². The van der Waals surface area contributed by atoms with E-state index in [1.165, 1.54) is 0 Å². The van der Waals surface area contributed by atoms with Crippen LogP contribution in [0.15, 0.2) is 0 Å². The maximum absolute atomic E-state index is 11.7. The minimum Gasteiger partial charge on any atom is -0.481 e. The minimum absolute atomic E-state index is 0.00958. The van der Waals surface area contributed by atoms with E-state index in [2.05, 4.69) is 0 Å². The Labute approximate surface area is 97.0 Å². The van der Waals surface area contributed by atoms with E-state index in [0.717, 1.165) is 0 Å². The van der Waals surface area contributed by atoms with Crippen LogP contribution in [-0.2, 0) is 14.3 Å². The largest absolute Gasteiger partial charge is 0.481 e. The summed E-state index contributed by atoms with van der Waals surface area (Å²) in [5.41, 5.74) is -0.910. The Morgan fingerprint density at radius 2 is 1.56 bits per heavy atom. The molecule has 0 unspecified atom stereocenters.